The predicted molar refractivity (Wildman–Crippen MR) is 98.5 cm³/mol. The van der Waals surface area contributed by atoms with Crippen LogP contribution in [0, 0.1) is 0 Å². The SMILES string of the molecule is CCOC(=O)Cc1cn2c(C=O)c(-c3ccc(OC)cc3Br)nc2s1. The highest BCUT2D eigenvalue weighted by Crippen LogP contribution is 2.34. The van der Waals surface area contributed by atoms with E-state index in [1.54, 1.807) is 24.6 Å². The van der Waals surface area contributed by atoms with Crippen molar-refractivity contribution in [2.45, 2.75) is 13.3 Å². The highest BCUT2D eigenvalue weighted by Gasteiger charge is 2.19. The molecule has 0 saturated carbocycles. The zero-order chi connectivity index (χ0) is 18.0. The van der Waals surface area contributed by atoms with Gasteiger partial charge < -0.3 is 9.47 Å². The minimum absolute atomic E-state index is 0.168. The fraction of sp³-hybridized carbons (Fsp3) is 0.235. The van der Waals surface area contributed by atoms with E-state index in [1.807, 2.05) is 18.2 Å². The molecule has 2 heterocycles. The molecule has 0 radical (unpaired) electrons. The molecule has 0 aliphatic rings. The van der Waals surface area contributed by atoms with Gasteiger partial charge in [-0.3, -0.25) is 14.0 Å². The molecule has 0 fully saturated rings. The van der Waals surface area contributed by atoms with Gasteiger partial charge in [0.05, 0.1) is 20.1 Å². The van der Waals surface area contributed by atoms with Crippen molar-refractivity contribution >= 4 is 44.5 Å². The van der Waals surface area contributed by atoms with Crippen LogP contribution in [0.15, 0.2) is 28.9 Å². The Labute approximate surface area is 156 Å². The van der Waals surface area contributed by atoms with Gasteiger partial charge in [0.15, 0.2) is 11.2 Å². The molecule has 6 nitrogen and oxygen atoms in total. The Hall–Kier alpha value is -2.19. The molecular formula is C17H15BrN2O4S. The van der Waals surface area contributed by atoms with Crippen LogP contribution >= 0.6 is 27.3 Å². The lowest BCUT2D eigenvalue weighted by molar-refractivity contribution is -0.142. The topological polar surface area (TPSA) is 69.9 Å². The van der Waals surface area contributed by atoms with Gasteiger partial charge in [-0.2, -0.15) is 0 Å². The molecule has 0 aliphatic carbocycles. The molecule has 0 unspecified atom stereocenters. The molecule has 0 spiro atoms. The Bertz CT molecular complexity index is 948. The molecule has 25 heavy (non-hydrogen) atoms. The third-order valence-corrected chi connectivity index (χ3v) is 5.22. The molecule has 0 saturated heterocycles. The number of hydrogen-bond acceptors (Lipinski definition) is 6. The number of hydrogen-bond donors (Lipinski definition) is 0. The number of halogens is 1. The molecule has 2 aromatic heterocycles. The van der Waals surface area contributed by atoms with Gasteiger partial charge in [0.2, 0.25) is 0 Å². The van der Waals surface area contributed by atoms with E-state index >= 15 is 0 Å². The predicted octanol–water partition coefficient (Wildman–Crippen LogP) is 3.75. The van der Waals surface area contributed by atoms with Crippen LogP contribution in [-0.2, 0) is 16.0 Å². The average Bonchev–Trinajstić information content (AvgIpc) is 3.11. The summed E-state index contributed by atoms with van der Waals surface area (Å²) in [5.74, 6) is 0.416. The van der Waals surface area contributed by atoms with Crippen molar-refractivity contribution in [1.29, 1.82) is 0 Å². The van der Waals surface area contributed by atoms with Crippen LogP contribution in [-0.4, -0.2) is 35.4 Å². The van der Waals surface area contributed by atoms with Gasteiger partial charge in [-0.25, -0.2) is 4.98 Å². The first kappa shape index (κ1) is 17.6. The van der Waals surface area contributed by atoms with Gasteiger partial charge in [0, 0.05) is 21.1 Å². The van der Waals surface area contributed by atoms with Crippen molar-refractivity contribution in [2.24, 2.45) is 0 Å². The lowest BCUT2D eigenvalue weighted by Crippen LogP contribution is -2.06. The fourth-order valence-electron chi connectivity index (χ4n) is 2.47. The van der Waals surface area contributed by atoms with Crippen LogP contribution < -0.4 is 4.74 Å². The van der Waals surface area contributed by atoms with Gasteiger partial charge in [-0.05, 0) is 41.1 Å². The van der Waals surface area contributed by atoms with Gasteiger partial charge in [-0.1, -0.05) is 0 Å². The minimum atomic E-state index is -0.294. The molecule has 8 heteroatoms. The zero-order valence-electron chi connectivity index (χ0n) is 13.6. The van der Waals surface area contributed by atoms with Crippen molar-refractivity contribution < 1.29 is 19.1 Å². The second-order valence-corrected chi connectivity index (χ2v) is 7.09. The number of aldehydes is 1. The van der Waals surface area contributed by atoms with Gasteiger partial charge in [0.25, 0.3) is 0 Å². The molecular weight excluding hydrogens is 408 g/mol. The van der Waals surface area contributed by atoms with E-state index in [-0.39, 0.29) is 12.4 Å². The molecule has 0 N–H and O–H groups in total. The van der Waals surface area contributed by atoms with Crippen molar-refractivity contribution in [3.8, 4) is 17.0 Å². The summed E-state index contributed by atoms with van der Waals surface area (Å²) < 4.78 is 12.6. The second-order valence-electron chi connectivity index (χ2n) is 5.14. The van der Waals surface area contributed by atoms with E-state index < -0.39 is 0 Å². The third kappa shape index (κ3) is 3.45. The number of ether oxygens (including phenoxy) is 2. The summed E-state index contributed by atoms with van der Waals surface area (Å²) in [6.07, 6.45) is 2.70. The summed E-state index contributed by atoms with van der Waals surface area (Å²) in [4.78, 5) is 29.3. The maximum Gasteiger partial charge on any atom is 0.311 e. The maximum atomic E-state index is 11.7. The second kappa shape index (κ2) is 7.37. The number of nitrogens with zero attached hydrogens (tertiary/aromatic N) is 2. The summed E-state index contributed by atoms with van der Waals surface area (Å²) in [6.45, 7) is 2.11. The van der Waals surface area contributed by atoms with Crippen LogP contribution in [0.1, 0.15) is 22.3 Å². The van der Waals surface area contributed by atoms with Crippen LogP contribution in [0.2, 0.25) is 0 Å². The van der Waals surface area contributed by atoms with Crippen LogP contribution in [0.5, 0.6) is 5.75 Å². The first-order valence-corrected chi connectivity index (χ1v) is 9.13. The Kier molecular flexibility index (Phi) is 5.19. The Balaban J connectivity index is 2.02. The standard InChI is InChI=1S/C17H15BrN2O4S/c1-3-24-15(22)7-11-8-20-14(9-21)16(19-17(20)25-11)12-5-4-10(23-2)6-13(12)18/h4-6,8-9H,3,7H2,1-2H3. The van der Waals surface area contributed by atoms with E-state index in [4.69, 9.17) is 9.47 Å². The van der Waals surface area contributed by atoms with E-state index in [2.05, 4.69) is 20.9 Å². The average molecular weight is 423 g/mol. The highest BCUT2D eigenvalue weighted by molar-refractivity contribution is 9.10. The Morgan fingerprint density at radius 2 is 2.24 bits per heavy atom. The molecule has 1 aromatic carbocycles. The number of carbonyl (C=O) groups is 2. The fourth-order valence-corrected chi connectivity index (χ4v) is 3.98. The van der Waals surface area contributed by atoms with Crippen molar-refractivity contribution in [3.05, 3.63) is 39.4 Å². The highest BCUT2D eigenvalue weighted by atomic mass is 79.9. The molecule has 0 bridgehead atoms. The molecule has 0 aliphatic heterocycles. The van der Waals surface area contributed by atoms with Crippen molar-refractivity contribution in [3.63, 3.8) is 0 Å². The molecule has 3 rings (SSSR count). The number of fused-ring (bicyclic) bond motifs is 1. The van der Waals surface area contributed by atoms with Crippen LogP contribution in [0.4, 0.5) is 0 Å². The summed E-state index contributed by atoms with van der Waals surface area (Å²) in [5, 5.41) is 0. The smallest absolute Gasteiger partial charge is 0.311 e. The number of benzene rings is 1. The number of aromatic nitrogens is 2. The number of carbonyl (C=O) groups excluding carboxylic acids is 2. The zero-order valence-corrected chi connectivity index (χ0v) is 16.0. The Morgan fingerprint density at radius 1 is 1.44 bits per heavy atom. The normalized spacial score (nSPS) is 10.8. The van der Waals surface area contributed by atoms with E-state index in [1.165, 1.54) is 11.3 Å². The maximum absolute atomic E-state index is 11.7. The van der Waals surface area contributed by atoms with Crippen molar-refractivity contribution in [2.75, 3.05) is 13.7 Å². The lowest BCUT2D eigenvalue weighted by Gasteiger charge is -2.05. The Morgan fingerprint density at radius 3 is 2.88 bits per heavy atom. The summed E-state index contributed by atoms with van der Waals surface area (Å²) in [7, 11) is 1.59. The third-order valence-electron chi connectivity index (χ3n) is 3.58. The van der Waals surface area contributed by atoms with E-state index in [9.17, 15) is 9.59 Å². The van der Waals surface area contributed by atoms with Gasteiger partial charge >= 0.3 is 5.97 Å². The molecule has 0 atom stereocenters. The van der Waals surface area contributed by atoms with E-state index in [0.717, 1.165) is 21.2 Å². The lowest BCUT2D eigenvalue weighted by atomic mass is 10.1. The monoisotopic (exact) mass is 422 g/mol. The van der Waals surface area contributed by atoms with Crippen molar-refractivity contribution in [1.82, 2.24) is 9.38 Å². The summed E-state index contributed by atoms with van der Waals surface area (Å²) in [5.41, 5.74) is 1.82. The summed E-state index contributed by atoms with van der Waals surface area (Å²) >= 11 is 4.86. The molecule has 130 valence electrons. The number of rotatable bonds is 6. The van der Waals surface area contributed by atoms with Gasteiger partial charge in [-0.15, -0.1) is 11.3 Å². The first-order valence-electron chi connectivity index (χ1n) is 7.52. The largest absolute Gasteiger partial charge is 0.497 e. The minimum Gasteiger partial charge on any atom is -0.497 e. The van der Waals surface area contributed by atoms with Crippen LogP contribution in [0.25, 0.3) is 16.2 Å². The number of methoxy groups -OCH3 is 1. The number of esters is 1. The van der Waals surface area contributed by atoms with Gasteiger partial charge in [0.1, 0.15) is 17.1 Å². The van der Waals surface area contributed by atoms with Crippen LogP contribution in [0.3, 0.4) is 0 Å². The number of imidazole rings is 1. The van der Waals surface area contributed by atoms with E-state index in [0.29, 0.717) is 28.7 Å². The first-order chi connectivity index (χ1) is 12.1. The molecule has 3 aromatic rings. The quantitative estimate of drug-likeness (QED) is 0.446. The number of thiazole rings is 1. The molecule has 0 amide bonds. The summed E-state index contributed by atoms with van der Waals surface area (Å²) in [6, 6.07) is 5.49.